The van der Waals surface area contributed by atoms with Gasteiger partial charge in [-0.15, -0.1) is 0 Å². The molecule has 140 valence electrons. The lowest BCUT2D eigenvalue weighted by molar-refractivity contribution is -0.135. The fourth-order valence-corrected chi connectivity index (χ4v) is 4.81. The Kier molecular flexibility index (Phi) is 3.64. The molecule has 2 N–H and O–H groups in total. The van der Waals surface area contributed by atoms with Crippen molar-refractivity contribution in [3.8, 4) is 16.9 Å². The van der Waals surface area contributed by atoms with Crippen molar-refractivity contribution in [3.05, 3.63) is 47.2 Å². The number of hydrogen-bond acceptors (Lipinski definition) is 6. The lowest BCUT2D eigenvalue weighted by Gasteiger charge is -2.52. The van der Waals surface area contributed by atoms with Crippen LogP contribution >= 0.6 is 11.6 Å². The van der Waals surface area contributed by atoms with Gasteiger partial charge in [-0.1, -0.05) is 17.7 Å². The summed E-state index contributed by atoms with van der Waals surface area (Å²) in [6.45, 7) is 3.69. The normalized spacial score (nSPS) is 31.5. The molecule has 0 amide bonds. The van der Waals surface area contributed by atoms with Crippen LogP contribution in [0.4, 0.5) is 0 Å². The van der Waals surface area contributed by atoms with Crippen molar-refractivity contribution in [2.75, 3.05) is 19.8 Å². The topological polar surface area (TPSA) is 79.0 Å². The summed E-state index contributed by atoms with van der Waals surface area (Å²) in [6.07, 6.45) is 4.25. The van der Waals surface area contributed by atoms with E-state index in [0.29, 0.717) is 24.8 Å². The molecule has 1 spiro atoms. The average molecular weight is 386 g/mol. The zero-order valence-corrected chi connectivity index (χ0v) is 15.7. The summed E-state index contributed by atoms with van der Waals surface area (Å²) < 4.78 is 17.8. The molecule has 1 saturated heterocycles. The Morgan fingerprint density at radius 2 is 2.07 bits per heavy atom. The second-order valence-corrected chi connectivity index (χ2v) is 8.01. The zero-order chi connectivity index (χ0) is 18.6. The van der Waals surface area contributed by atoms with Gasteiger partial charge in [0.1, 0.15) is 23.5 Å². The Morgan fingerprint density at radius 1 is 1.19 bits per heavy atom. The van der Waals surface area contributed by atoms with Gasteiger partial charge in [-0.3, -0.25) is 4.98 Å². The predicted octanol–water partition coefficient (Wildman–Crippen LogP) is 3.13. The molecule has 0 bridgehead atoms. The van der Waals surface area contributed by atoms with Crippen molar-refractivity contribution in [2.24, 2.45) is 16.6 Å². The van der Waals surface area contributed by atoms with E-state index in [-0.39, 0.29) is 11.9 Å². The number of halogens is 1. The molecule has 6 nitrogen and oxygen atoms in total. The summed E-state index contributed by atoms with van der Waals surface area (Å²) in [5.41, 5.74) is 7.85. The molecule has 3 aliphatic heterocycles. The molecular formula is C20H20ClN3O3. The first kappa shape index (κ1) is 16.8. The van der Waals surface area contributed by atoms with Crippen LogP contribution in [0.15, 0.2) is 41.7 Å². The van der Waals surface area contributed by atoms with E-state index < -0.39 is 11.1 Å². The molecule has 1 aromatic carbocycles. The number of benzene rings is 1. The van der Waals surface area contributed by atoms with Crippen molar-refractivity contribution in [2.45, 2.75) is 24.5 Å². The summed E-state index contributed by atoms with van der Waals surface area (Å²) in [5, 5.41) is 0.597. The van der Waals surface area contributed by atoms with Crippen LogP contribution in [0, 0.1) is 5.92 Å². The molecule has 0 aliphatic carbocycles. The van der Waals surface area contributed by atoms with E-state index >= 15 is 0 Å². The Balaban J connectivity index is 1.70. The molecule has 27 heavy (non-hydrogen) atoms. The molecule has 1 aromatic heterocycles. The average Bonchev–Trinajstić information content (AvgIpc) is 3.04. The van der Waals surface area contributed by atoms with E-state index in [4.69, 9.17) is 36.5 Å². The van der Waals surface area contributed by atoms with Crippen LogP contribution in [0.3, 0.4) is 0 Å². The van der Waals surface area contributed by atoms with E-state index in [0.717, 1.165) is 28.9 Å². The molecule has 3 unspecified atom stereocenters. The van der Waals surface area contributed by atoms with E-state index in [1.165, 1.54) is 0 Å². The highest BCUT2D eigenvalue weighted by Crippen LogP contribution is 2.54. The van der Waals surface area contributed by atoms with Crippen LogP contribution in [0.5, 0.6) is 5.75 Å². The van der Waals surface area contributed by atoms with Crippen LogP contribution in [-0.2, 0) is 15.0 Å². The monoisotopic (exact) mass is 385 g/mol. The maximum absolute atomic E-state index is 6.43. The number of aromatic nitrogens is 1. The SMILES string of the molecule is CC12COCCC1C1(COC(N)=N1)c1cc(-c3cncc(Cl)c3)ccc1O2. The summed E-state index contributed by atoms with van der Waals surface area (Å²) in [5.74, 6) is 0.903. The standard InChI is InChI=1S/C20H20ClN3O3/c1-19-10-25-5-4-17(19)20(11-26-18(22)24-20)15-7-12(2-3-16(15)27-19)13-6-14(21)9-23-8-13/h2-3,6-9,17H,4-5,10-11H2,1H3,(H2,22,24). The first-order chi connectivity index (χ1) is 13.0. The fourth-order valence-electron chi connectivity index (χ4n) is 4.63. The number of nitrogens with zero attached hydrogens (tertiary/aromatic N) is 2. The van der Waals surface area contributed by atoms with Gasteiger partial charge >= 0.3 is 0 Å². The van der Waals surface area contributed by atoms with Gasteiger partial charge in [-0.2, -0.15) is 0 Å². The summed E-state index contributed by atoms with van der Waals surface area (Å²) >= 11 is 6.13. The molecule has 3 aliphatic rings. The number of nitrogens with two attached hydrogens (primary N) is 1. The van der Waals surface area contributed by atoms with E-state index in [1.54, 1.807) is 12.4 Å². The summed E-state index contributed by atoms with van der Waals surface area (Å²) in [6, 6.07) is 8.22. The highest BCUT2D eigenvalue weighted by Gasteiger charge is 2.59. The molecule has 7 heteroatoms. The second kappa shape index (κ2) is 5.84. The van der Waals surface area contributed by atoms with Gasteiger partial charge in [0.15, 0.2) is 0 Å². The molecular weight excluding hydrogens is 366 g/mol. The Morgan fingerprint density at radius 3 is 2.85 bits per heavy atom. The van der Waals surface area contributed by atoms with Gasteiger partial charge in [0.2, 0.25) is 0 Å². The van der Waals surface area contributed by atoms with Gasteiger partial charge < -0.3 is 19.9 Å². The van der Waals surface area contributed by atoms with E-state index in [1.807, 2.05) is 18.2 Å². The largest absolute Gasteiger partial charge is 0.484 e. The van der Waals surface area contributed by atoms with Gasteiger partial charge in [0.05, 0.1) is 11.6 Å². The minimum absolute atomic E-state index is 0.111. The Bertz CT molecular complexity index is 950. The number of fused-ring (bicyclic) bond motifs is 4. The molecule has 5 rings (SSSR count). The lowest BCUT2D eigenvalue weighted by Crippen LogP contribution is -2.60. The highest BCUT2D eigenvalue weighted by molar-refractivity contribution is 6.30. The molecule has 3 atom stereocenters. The quantitative estimate of drug-likeness (QED) is 0.815. The van der Waals surface area contributed by atoms with E-state index in [9.17, 15) is 0 Å². The van der Waals surface area contributed by atoms with Gasteiger partial charge in [-0.05, 0) is 37.1 Å². The summed E-state index contributed by atoms with van der Waals surface area (Å²) in [7, 11) is 0. The minimum Gasteiger partial charge on any atom is -0.484 e. The summed E-state index contributed by atoms with van der Waals surface area (Å²) in [4.78, 5) is 9.00. The first-order valence-electron chi connectivity index (χ1n) is 9.01. The smallest absolute Gasteiger partial charge is 0.283 e. The maximum atomic E-state index is 6.43. The van der Waals surface area contributed by atoms with Crippen molar-refractivity contribution < 1.29 is 14.2 Å². The third-order valence-electron chi connectivity index (χ3n) is 5.83. The van der Waals surface area contributed by atoms with E-state index in [2.05, 4.69) is 18.0 Å². The van der Waals surface area contributed by atoms with Crippen LogP contribution in [0.25, 0.3) is 11.1 Å². The van der Waals surface area contributed by atoms with Crippen LogP contribution in [0.1, 0.15) is 18.9 Å². The van der Waals surface area contributed by atoms with Gasteiger partial charge in [0.25, 0.3) is 6.02 Å². The van der Waals surface area contributed by atoms with Crippen molar-refractivity contribution >= 4 is 17.6 Å². The Labute approximate surface area is 162 Å². The molecule has 0 radical (unpaired) electrons. The number of aliphatic imine (C=N–C) groups is 1. The maximum Gasteiger partial charge on any atom is 0.283 e. The number of pyridine rings is 1. The minimum atomic E-state index is -0.571. The van der Waals surface area contributed by atoms with Crippen LogP contribution < -0.4 is 10.5 Å². The van der Waals surface area contributed by atoms with Crippen LogP contribution in [0.2, 0.25) is 5.02 Å². The third kappa shape index (κ3) is 2.51. The Hall–Kier alpha value is -2.31. The third-order valence-corrected chi connectivity index (χ3v) is 6.04. The zero-order valence-electron chi connectivity index (χ0n) is 14.9. The molecule has 0 saturated carbocycles. The molecule has 1 fully saturated rings. The highest BCUT2D eigenvalue weighted by atomic mass is 35.5. The van der Waals surface area contributed by atoms with Crippen molar-refractivity contribution in [1.82, 2.24) is 4.98 Å². The number of hydrogen-bond donors (Lipinski definition) is 1. The van der Waals surface area contributed by atoms with Gasteiger partial charge in [0, 0.05) is 36.0 Å². The molecule has 2 aromatic rings. The number of amidine groups is 1. The first-order valence-corrected chi connectivity index (χ1v) is 9.38. The van der Waals surface area contributed by atoms with Crippen molar-refractivity contribution in [1.29, 1.82) is 0 Å². The second-order valence-electron chi connectivity index (χ2n) is 7.57. The fraction of sp³-hybridized carbons (Fsp3) is 0.400. The lowest BCUT2D eigenvalue weighted by atomic mass is 9.66. The van der Waals surface area contributed by atoms with Crippen LogP contribution in [-0.4, -0.2) is 36.4 Å². The van der Waals surface area contributed by atoms with Gasteiger partial charge in [-0.25, -0.2) is 4.99 Å². The molecule has 4 heterocycles. The predicted molar refractivity (Wildman–Crippen MR) is 102 cm³/mol. The number of ether oxygens (including phenoxy) is 3. The van der Waals surface area contributed by atoms with Crippen molar-refractivity contribution in [3.63, 3.8) is 0 Å². The number of rotatable bonds is 1.